The first-order valence-corrected chi connectivity index (χ1v) is 8.71. The number of hydrogen-bond acceptors (Lipinski definition) is 3. The highest BCUT2D eigenvalue weighted by Crippen LogP contribution is 2.20. The number of aromatic amines is 1. The van der Waals surface area contributed by atoms with Crippen LogP contribution in [0.1, 0.15) is 16.1 Å². The molecule has 0 bridgehead atoms. The number of amides is 1. The molecule has 1 heterocycles. The fourth-order valence-corrected chi connectivity index (χ4v) is 2.92. The van der Waals surface area contributed by atoms with Gasteiger partial charge in [0.05, 0.1) is 11.9 Å². The minimum absolute atomic E-state index is 0.329. The minimum atomic E-state index is -0.362. The number of carbonyl (C=O) groups is 1. The highest BCUT2D eigenvalue weighted by molar-refractivity contribution is 6.30. The summed E-state index contributed by atoms with van der Waals surface area (Å²) in [7, 11) is 0. The van der Waals surface area contributed by atoms with Crippen LogP contribution in [0, 0.1) is 0 Å². The second-order valence-corrected chi connectivity index (χ2v) is 6.38. The lowest BCUT2D eigenvalue weighted by molar-refractivity contribution is 0.0950. The van der Waals surface area contributed by atoms with E-state index in [2.05, 4.69) is 20.7 Å². The Morgan fingerprint density at radius 2 is 1.81 bits per heavy atom. The van der Waals surface area contributed by atoms with Crippen LogP contribution in [0.25, 0.3) is 22.0 Å². The number of fused-ring (bicyclic) bond motifs is 1. The number of nitrogens with zero attached hydrogens (tertiary/aromatic N) is 2. The Hall–Kier alpha value is -3.44. The molecule has 2 N–H and O–H groups in total. The van der Waals surface area contributed by atoms with Gasteiger partial charge in [0, 0.05) is 16.1 Å². The molecule has 4 rings (SSSR count). The molecule has 1 amide bonds. The summed E-state index contributed by atoms with van der Waals surface area (Å²) in [5, 5.41) is 13.8. The van der Waals surface area contributed by atoms with Gasteiger partial charge in [-0.3, -0.25) is 9.89 Å². The van der Waals surface area contributed by atoms with Gasteiger partial charge < -0.3 is 0 Å². The van der Waals surface area contributed by atoms with Gasteiger partial charge in [-0.1, -0.05) is 66.2 Å². The van der Waals surface area contributed by atoms with Gasteiger partial charge in [0.2, 0.25) is 0 Å². The summed E-state index contributed by atoms with van der Waals surface area (Å²) in [6.07, 6.45) is 1.64. The molecule has 0 aliphatic carbocycles. The molecule has 4 aromatic rings. The van der Waals surface area contributed by atoms with E-state index >= 15 is 0 Å². The Morgan fingerprint density at radius 3 is 2.67 bits per heavy atom. The lowest BCUT2D eigenvalue weighted by atomic mass is 10.1. The molecule has 0 saturated heterocycles. The van der Waals surface area contributed by atoms with Crippen LogP contribution < -0.4 is 5.43 Å². The lowest BCUT2D eigenvalue weighted by Gasteiger charge is -2.01. The molecule has 3 aromatic carbocycles. The van der Waals surface area contributed by atoms with E-state index in [-0.39, 0.29) is 5.91 Å². The standard InChI is InChI=1S/C21H15ClN4O/c22-17-10-8-15(9-11-17)19-12-20(25-24-19)21(27)26-23-13-16-6-3-5-14-4-1-2-7-18(14)16/h1-13H,(H,24,25)(H,26,27). The molecule has 6 heteroatoms. The van der Waals surface area contributed by atoms with Gasteiger partial charge in [-0.05, 0) is 29.0 Å². The average molecular weight is 375 g/mol. The van der Waals surface area contributed by atoms with Gasteiger partial charge in [-0.25, -0.2) is 5.43 Å². The van der Waals surface area contributed by atoms with Crippen LogP contribution in [0.4, 0.5) is 0 Å². The van der Waals surface area contributed by atoms with Crippen molar-refractivity contribution in [3.8, 4) is 11.3 Å². The van der Waals surface area contributed by atoms with E-state index in [1.54, 1.807) is 24.4 Å². The summed E-state index contributed by atoms with van der Waals surface area (Å²) in [5.74, 6) is -0.362. The van der Waals surface area contributed by atoms with Crippen LogP contribution in [0.2, 0.25) is 5.02 Å². The van der Waals surface area contributed by atoms with E-state index < -0.39 is 0 Å². The quantitative estimate of drug-likeness (QED) is 0.403. The summed E-state index contributed by atoms with van der Waals surface area (Å²) >= 11 is 5.89. The normalized spacial score (nSPS) is 11.1. The number of H-pyrrole nitrogens is 1. The molecule has 0 aliphatic heterocycles. The van der Waals surface area contributed by atoms with Gasteiger partial charge in [0.25, 0.3) is 5.91 Å². The number of hydrogen-bond donors (Lipinski definition) is 2. The van der Waals surface area contributed by atoms with Crippen molar-refractivity contribution < 1.29 is 4.79 Å². The molecule has 0 saturated carbocycles. The zero-order chi connectivity index (χ0) is 18.6. The fourth-order valence-electron chi connectivity index (χ4n) is 2.79. The molecule has 0 radical (unpaired) electrons. The summed E-state index contributed by atoms with van der Waals surface area (Å²) in [4.78, 5) is 12.3. The highest BCUT2D eigenvalue weighted by Gasteiger charge is 2.10. The number of nitrogens with one attached hydrogen (secondary N) is 2. The van der Waals surface area contributed by atoms with Crippen molar-refractivity contribution in [1.29, 1.82) is 0 Å². The predicted octanol–water partition coefficient (Wildman–Crippen LogP) is 4.65. The van der Waals surface area contributed by atoms with E-state index in [1.165, 1.54) is 0 Å². The Kier molecular flexibility index (Phi) is 4.68. The van der Waals surface area contributed by atoms with Crippen molar-refractivity contribution in [1.82, 2.24) is 15.6 Å². The van der Waals surface area contributed by atoms with Crippen LogP contribution >= 0.6 is 11.6 Å². The molecule has 0 aliphatic rings. The van der Waals surface area contributed by atoms with Gasteiger partial charge in [-0.15, -0.1) is 0 Å². The van der Waals surface area contributed by atoms with E-state index in [1.807, 2.05) is 54.6 Å². The summed E-state index contributed by atoms with van der Waals surface area (Å²) in [6, 6.07) is 22.9. The van der Waals surface area contributed by atoms with Crippen LogP contribution in [0.5, 0.6) is 0 Å². The SMILES string of the molecule is O=C(NN=Cc1cccc2ccccc12)c1cc(-c2ccc(Cl)cc2)n[nH]1. The Morgan fingerprint density at radius 1 is 1.04 bits per heavy atom. The van der Waals surface area contributed by atoms with Crippen molar-refractivity contribution >= 4 is 34.5 Å². The number of hydrazone groups is 1. The molecule has 0 fully saturated rings. The molecule has 1 aromatic heterocycles. The van der Waals surface area contributed by atoms with Crippen LogP contribution in [0.15, 0.2) is 77.9 Å². The first-order chi connectivity index (χ1) is 13.2. The zero-order valence-corrected chi connectivity index (χ0v) is 14.9. The molecule has 5 nitrogen and oxygen atoms in total. The Labute approximate surface area is 160 Å². The summed E-state index contributed by atoms with van der Waals surface area (Å²) in [5.41, 5.74) is 5.31. The van der Waals surface area contributed by atoms with Crippen molar-refractivity contribution in [2.75, 3.05) is 0 Å². The fraction of sp³-hybridized carbons (Fsp3) is 0. The smallest absolute Gasteiger partial charge is 0.272 e. The zero-order valence-electron chi connectivity index (χ0n) is 14.2. The third-order valence-corrected chi connectivity index (χ3v) is 4.41. The number of halogens is 1. The second-order valence-electron chi connectivity index (χ2n) is 5.94. The van der Waals surface area contributed by atoms with Gasteiger partial charge in [0.15, 0.2) is 0 Å². The maximum absolute atomic E-state index is 12.3. The Balaban J connectivity index is 1.48. The topological polar surface area (TPSA) is 70.1 Å². The maximum Gasteiger partial charge on any atom is 0.289 e. The van der Waals surface area contributed by atoms with Gasteiger partial charge >= 0.3 is 0 Å². The van der Waals surface area contributed by atoms with E-state index in [0.29, 0.717) is 16.4 Å². The minimum Gasteiger partial charge on any atom is -0.272 e. The third-order valence-electron chi connectivity index (χ3n) is 4.16. The lowest BCUT2D eigenvalue weighted by Crippen LogP contribution is -2.18. The molecule has 132 valence electrons. The number of aromatic nitrogens is 2. The predicted molar refractivity (Wildman–Crippen MR) is 108 cm³/mol. The molecule has 27 heavy (non-hydrogen) atoms. The average Bonchev–Trinajstić information content (AvgIpc) is 3.19. The third kappa shape index (κ3) is 3.73. The number of carbonyl (C=O) groups excluding carboxylic acids is 1. The van der Waals surface area contributed by atoms with Crippen LogP contribution in [-0.4, -0.2) is 22.3 Å². The first kappa shape index (κ1) is 17.0. The Bertz CT molecular complexity index is 1130. The number of benzene rings is 3. The van der Waals surface area contributed by atoms with E-state index in [0.717, 1.165) is 21.9 Å². The number of rotatable bonds is 4. The first-order valence-electron chi connectivity index (χ1n) is 8.33. The molecular formula is C21H15ClN4O. The van der Waals surface area contributed by atoms with Crippen molar-refractivity contribution in [3.63, 3.8) is 0 Å². The molecule has 0 atom stereocenters. The largest absolute Gasteiger partial charge is 0.289 e. The van der Waals surface area contributed by atoms with Crippen molar-refractivity contribution in [2.45, 2.75) is 0 Å². The monoisotopic (exact) mass is 374 g/mol. The van der Waals surface area contributed by atoms with Crippen molar-refractivity contribution in [3.05, 3.63) is 89.1 Å². The summed E-state index contributed by atoms with van der Waals surface area (Å²) in [6.45, 7) is 0. The molecule has 0 unspecified atom stereocenters. The highest BCUT2D eigenvalue weighted by atomic mass is 35.5. The molecular weight excluding hydrogens is 360 g/mol. The maximum atomic E-state index is 12.3. The molecule has 0 spiro atoms. The van der Waals surface area contributed by atoms with Crippen LogP contribution in [-0.2, 0) is 0 Å². The van der Waals surface area contributed by atoms with Crippen LogP contribution in [0.3, 0.4) is 0 Å². The van der Waals surface area contributed by atoms with Crippen molar-refractivity contribution in [2.24, 2.45) is 5.10 Å². The van der Waals surface area contributed by atoms with E-state index in [9.17, 15) is 4.79 Å². The summed E-state index contributed by atoms with van der Waals surface area (Å²) < 4.78 is 0. The van der Waals surface area contributed by atoms with Gasteiger partial charge in [0.1, 0.15) is 5.69 Å². The van der Waals surface area contributed by atoms with E-state index in [4.69, 9.17) is 11.6 Å². The van der Waals surface area contributed by atoms with Gasteiger partial charge in [-0.2, -0.15) is 10.2 Å². The second kappa shape index (κ2) is 7.43.